The highest BCUT2D eigenvalue weighted by molar-refractivity contribution is 5.51. The third-order valence-corrected chi connectivity index (χ3v) is 4.52. The lowest BCUT2D eigenvalue weighted by Crippen LogP contribution is -2.26. The minimum atomic E-state index is 0.648. The van der Waals surface area contributed by atoms with Crippen LogP contribution in [0.1, 0.15) is 17.5 Å². The number of benzene rings is 2. The molecule has 0 saturated carbocycles. The first-order valence-corrected chi connectivity index (χ1v) is 8.37. The Balaban J connectivity index is 1.48. The van der Waals surface area contributed by atoms with E-state index in [1.807, 2.05) is 30.3 Å². The molecule has 4 heteroatoms. The van der Waals surface area contributed by atoms with E-state index < -0.39 is 0 Å². The molecule has 0 bridgehead atoms. The van der Waals surface area contributed by atoms with Crippen LogP contribution in [0.2, 0.25) is 0 Å². The first-order chi connectivity index (χ1) is 11.8. The lowest BCUT2D eigenvalue weighted by atomic mass is 10.1. The van der Waals surface area contributed by atoms with Crippen molar-refractivity contribution in [2.75, 3.05) is 31.6 Å². The molecule has 0 aromatic heterocycles. The summed E-state index contributed by atoms with van der Waals surface area (Å²) in [6, 6.07) is 18.2. The van der Waals surface area contributed by atoms with Crippen molar-refractivity contribution in [3.63, 3.8) is 0 Å². The molecule has 1 saturated heterocycles. The van der Waals surface area contributed by atoms with Crippen molar-refractivity contribution in [2.45, 2.75) is 13.0 Å². The molecule has 0 amide bonds. The van der Waals surface area contributed by atoms with Gasteiger partial charge in [0, 0.05) is 37.9 Å². The van der Waals surface area contributed by atoms with Gasteiger partial charge in [-0.15, -0.1) is 0 Å². The zero-order valence-electron chi connectivity index (χ0n) is 14.0. The molecule has 0 radical (unpaired) electrons. The van der Waals surface area contributed by atoms with E-state index in [4.69, 9.17) is 10.00 Å². The summed E-state index contributed by atoms with van der Waals surface area (Å²) in [6.45, 7) is 3.96. The third kappa shape index (κ3) is 4.06. The quantitative estimate of drug-likeness (QED) is 0.888. The van der Waals surface area contributed by atoms with Crippen LogP contribution in [0.15, 0.2) is 48.5 Å². The Labute approximate surface area is 143 Å². The molecule has 1 atom stereocenters. The normalized spacial score (nSPS) is 16.8. The molecule has 1 N–H and O–H groups in total. The average molecular weight is 321 g/mol. The van der Waals surface area contributed by atoms with Crippen molar-refractivity contribution in [3.05, 3.63) is 59.7 Å². The molecule has 0 unspecified atom stereocenters. The van der Waals surface area contributed by atoms with Gasteiger partial charge in [0.1, 0.15) is 5.75 Å². The molecule has 2 aromatic rings. The first-order valence-electron chi connectivity index (χ1n) is 8.37. The number of nitrogens with one attached hydrogen (secondary N) is 1. The van der Waals surface area contributed by atoms with Gasteiger partial charge < -0.3 is 15.0 Å². The van der Waals surface area contributed by atoms with Crippen LogP contribution in [-0.2, 0) is 6.54 Å². The van der Waals surface area contributed by atoms with Gasteiger partial charge in [-0.25, -0.2) is 0 Å². The molecule has 1 aliphatic rings. The highest BCUT2D eigenvalue weighted by Gasteiger charge is 2.22. The summed E-state index contributed by atoms with van der Waals surface area (Å²) in [5.41, 5.74) is 3.12. The summed E-state index contributed by atoms with van der Waals surface area (Å²) in [5, 5.41) is 12.5. The Hall–Kier alpha value is -2.51. The molecule has 3 rings (SSSR count). The highest BCUT2D eigenvalue weighted by Crippen LogP contribution is 2.26. The zero-order chi connectivity index (χ0) is 16.8. The number of rotatable bonds is 6. The lowest BCUT2D eigenvalue weighted by Gasteiger charge is -2.19. The number of hydrogen-bond donors (Lipinski definition) is 1. The van der Waals surface area contributed by atoms with Gasteiger partial charge in [-0.1, -0.05) is 18.2 Å². The Morgan fingerprint density at radius 2 is 2.12 bits per heavy atom. The molecule has 1 heterocycles. The van der Waals surface area contributed by atoms with Crippen molar-refractivity contribution in [2.24, 2.45) is 5.92 Å². The molecular formula is C20H23N3O. The van der Waals surface area contributed by atoms with Gasteiger partial charge in [0.25, 0.3) is 0 Å². The summed E-state index contributed by atoms with van der Waals surface area (Å²) < 4.78 is 5.31. The fourth-order valence-corrected chi connectivity index (χ4v) is 3.21. The van der Waals surface area contributed by atoms with Crippen LogP contribution in [-0.4, -0.2) is 26.7 Å². The largest absolute Gasteiger partial charge is 0.497 e. The van der Waals surface area contributed by atoms with Crippen LogP contribution in [0.4, 0.5) is 5.69 Å². The van der Waals surface area contributed by atoms with Crippen molar-refractivity contribution >= 4 is 5.69 Å². The Bertz CT molecular complexity index is 723. The predicted molar refractivity (Wildman–Crippen MR) is 96.2 cm³/mol. The van der Waals surface area contributed by atoms with Crippen LogP contribution in [0.25, 0.3) is 0 Å². The van der Waals surface area contributed by atoms with Gasteiger partial charge in [0.05, 0.1) is 18.7 Å². The van der Waals surface area contributed by atoms with Crippen LogP contribution >= 0.6 is 0 Å². The summed E-state index contributed by atoms with van der Waals surface area (Å²) in [7, 11) is 1.71. The molecule has 2 aromatic carbocycles. The maximum Gasteiger partial charge on any atom is 0.120 e. The average Bonchev–Trinajstić information content (AvgIpc) is 3.11. The smallest absolute Gasteiger partial charge is 0.120 e. The summed E-state index contributed by atoms with van der Waals surface area (Å²) >= 11 is 0. The van der Waals surface area contributed by atoms with Crippen molar-refractivity contribution < 1.29 is 4.74 Å². The highest BCUT2D eigenvalue weighted by atomic mass is 16.5. The SMILES string of the molecule is COc1cccc(N2CC[C@@H](CNCc3cccc(C#N)c3)C2)c1. The molecule has 0 spiro atoms. The number of nitrogens with zero attached hydrogens (tertiary/aromatic N) is 2. The van der Waals surface area contributed by atoms with E-state index in [-0.39, 0.29) is 0 Å². The Morgan fingerprint density at radius 1 is 1.25 bits per heavy atom. The van der Waals surface area contributed by atoms with Crippen LogP contribution < -0.4 is 15.0 Å². The second-order valence-electron chi connectivity index (χ2n) is 6.25. The zero-order valence-corrected chi connectivity index (χ0v) is 14.0. The van der Waals surface area contributed by atoms with E-state index in [1.54, 1.807) is 7.11 Å². The number of nitriles is 1. The topological polar surface area (TPSA) is 48.3 Å². The van der Waals surface area contributed by atoms with Crippen molar-refractivity contribution in [1.82, 2.24) is 5.32 Å². The summed E-state index contributed by atoms with van der Waals surface area (Å²) in [5.74, 6) is 1.56. The predicted octanol–water partition coefficient (Wildman–Crippen LogP) is 3.18. The number of anilines is 1. The molecule has 1 fully saturated rings. The fraction of sp³-hybridized carbons (Fsp3) is 0.350. The van der Waals surface area contributed by atoms with E-state index >= 15 is 0 Å². The van der Waals surface area contributed by atoms with Gasteiger partial charge in [-0.3, -0.25) is 0 Å². The monoisotopic (exact) mass is 321 g/mol. The molecule has 1 aliphatic heterocycles. The van der Waals surface area contributed by atoms with Gasteiger partial charge >= 0.3 is 0 Å². The van der Waals surface area contributed by atoms with Crippen molar-refractivity contribution in [3.8, 4) is 11.8 Å². The molecule has 24 heavy (non-hydrogen) atoms. The Kier molecular flexibility index (Phi) is 5.35. The number of ether oxygens (including phenoxy) is 1. The van der Waals surface area contributed by atoms with E-state index in [1.165, 1.54) is 12.1 Å². The second-order valence-corrected chi connectivity index (χ2v) is 6.25. The van der Waals surface area contributed by atoms with Crippen LogP contribution in [0.3, 0.4) is 0 Å². The minimum Gasteiger partial charge on any atom is -0.497 e. The Morgan fingerprint density at radius 3 is 2.96 bits per heavy atom. The van der Waals surface area contributed by atoms with Gasteiger partial charge in [-0.05, 0) is 42.2 Å². The van der Waals surface area contributed by atoms with Crippen LogP contribution in [0.5, 0.6) is 5.75 Å². The molecule has 4 nitrogen and oxygen atoms in total. The van der Waals surface area contributed by atoms with Gasteiger partial charge in [0.2, 0.25) is 0 Å². The standard InChI is InChI=1S/C20H23N3O/c1-24-20-7-3-6-19(11-20)23-9-8-18(15-23)14-22-13-17-5-2-4-16(10-17)12-21/h2-7,10-11,18,22H,8-9,13-15H2,1H3/t18-/m0/s1. The maximum absolute atomic E-state index is 8.95. The number of hydrogen-bond acceptors (Lipinski definition) is 4. The minimum absolute atomic E-state index is 0.648. The number of methoxy groups -OCH3 is 1. The molecule has 0 aliphatic carbocycles. The lowest BCUT2D eigenvalue weighted by molar-refractivity contribution is 0.415. The molecule has 124 valence electrons. The van der Waals surface area contributed by atoms with Crippen molar-refractivity contribution in [1.29, 1.82) is 5.26 Å². The summed E-state index contributed by atoms with van der Waals surface area (Å²) in [4.78, 5) is 2.42. The van der Waals surface area contributed by atoms with E-state index in [2.05, 4.69) is 34.5 Å². The first kappa shape index (κ1) is 16.4. The second kappa shape index (κ2) is 7.85. The fourth-order valence-electron chi connectivity index (χ4n) is 3.21. The van der Waals surface area contributed by atoms with E-state index in [0.29, 0.717) is 5.92 Å². The van der Waals surface area contributed by atoms with Gasteiger partial charge in [0.15, 0.2) is 0 Å². The van der Waals surface area contributed by atoms with Crippen LogP contribution in [0, 0.1) is 17.2 Å². The molecular weight excluding hydrogens is 298 g/mol. The van der Waals surface area contributed by atoms with E-state index in [9.17, 15) is 0 Å². The van der Waals surface area contributed by atoms with Gasteiger partial charge in [-0.2, -0.15) is 5.26 Å². The maximum atomic E-state index is 8.95. The van der Waals surface area contributed by atoms with E-state index in [0.717, 1.165) is 43.1 Å². The third-order valence-electron chi connectivity index (χ3n) is 4.52. The summed E-state index contributed by atoms with van der Waals surface area (Å²) in [6.07, 6.45) is 1.20.